The van der Waals surface area contributed by atoms with Crippen molar-refractivity contribution in [3.05, 3.63) is 0 Å². The number of amides is 1. The predicted molar refractivity (Wildman–Crippen MR) is 41.5 cm³/mol. The number of rotatable bonds is 4. The van der Waals surface area contributed by atoms with Gasteiger partial charge in [-0.1, -0.05) is 0 Å². The van der Waals surface area contributed by atoms with Gasteiger partial charge in [-0.15, -0.1) is 0 Å². The topological polar surface area (TPSA) is 64.6 Å². The van der Waals surface area contributed by atoms with Crippen molar-refractivity contribution < 1.29 is 19.1 Å². The molecule has 5 heteroatoms. The van der Waals surface area contributed by atoms with Crippen LogP contribution in [-0.2, 0) is 19.1 Å². The second-order valence-electron chi connectivity index (χ2n) is 2.25. The number of carbonyl (C=O) groups is 2. The molecule has 5 nitrogen and oxygen atoms in total. The maximum Gasteiger partial charge on any atom is 0.328 e. The summed E-state index contributed by atoms with van der Waals surface area (Å²) in [5.41, 5.74) is 0. The van der Waals surface area contributed by atoms with Gasteiger partial charge in [-0.25, -0.2) is 4.79 Å². The van der Waals surface area contributed by atoms with Crippen LogP contribution in [0.5, 0.6) is 0 Å². The Bertz CT molecular complexity index is 169. The predicted octanol–water partition coefficient (Wildman–Crippen LogP) is -0.689. The highest BCUT2D eigenvalue weighted by atomic mass is 16.5. The van der Waals surface area contributed by atoms with Crippen LogP contribution >= 0.6 is 0 Å². The third-order valence-corrected chi connectivity index (χ3v) is 1.21. The second-order valence-corrected chi connectivity index (χ2v) is 2.25. The van der Waals surface area contributed by atoms with Gasteiger partial charge in [0.1, 0.15) is 12.6 Å². The van der Waals surface area contributed by atoms with Gasteiger partial charge in [-0.2, -0.15) is 0 Å². The first-order valence-corrected chi connectivity index (χ1v) is 3.48. The number of nitrogens with one attached hydrogen (secondary N) is 1. The van der Waals surface area contributed by atoms with E-state index in [2.05, 4.69) is 14.8 Å². The van der Waals surface area contributed by atoms with E-state index in [1.807, 2.05) is 0 Å². The molecule has 0 rings (SSSR count). The van der Waals surface area contributed by atoms with E-state index in [1.54, 1.807) is 6.92 Å². The van der Waals surface area contributed by atoms with Crippen molar-refractivity contribution in [2.75, 3.05) is 20.8 Å². The van der Waals surface area contributed by atoms with Gasteiger partial charge in [0.25, 0.3) is 0 Å². The monoisotopic (exact) mass is 175 g/mol. The summed E-state index contributed by atoms with van der Waals surface area (Å²) in [6, 6.07) is -0.627. The second kappa shape index (κ2) is 5.54. The Morgan fingerprint density at radius 2 is 2.00 bits per heavy atom. The highest BCUT2D eigenvalue weighted by Gasteiger charge is 2.14. The molecule has 0 aromatic carbocycles. The Labute approximate surface area is 71.0 Å². The lowest BCUT2D eigenvalue weighted by Gasteiger charge is -2.10. The number of ether oxygens (including phenoxy) is 2. The zero-order valence-electron chi connectivity index (χ0n) is 7.42. The minimum Gasteiger partial charge on any atom is -0.467 e. The molecule has 70 valence electrons. The molecule has 0 saturated carbocycles. The van der Waals surface area contributed by atoms with Gasteiger partial charge < -0.3 is 14.8 Å². The average Bonchev–Trinajstić information content (AvgIpc) is 2.03. The maximum absolute atomic E-state index is 10.8. The lowest BCUT2D eigenvalue weighted by molar-refractivity contribution is -0.144. The Hall–Kier alpha value is -1.10. The largest absolute Gasteiger partial charge is 0.467 e. The van der Waals surface area contributed by atoms with Crippen LogP contribution in [0.3, 0.4) is 0 Å². The summed E-state index contributed by atoms with van der Waals surface area (Å²) in [7, 11) is 2.67. The molecule has 0 aliphatic carbocycles. The summed E-state index contributed by atoms with van der Waals surface area (Å²) in [5, 5.41) is 2.39. The molecule has 0 bridgehead atoms. The first-order valence-electron chi connectivity index (χ1n) is 3.48. The molecular weight excluding hydrogens is 162 g/mol. The molecule has 0 fully saturated rings. The van der Waals surface area contributed by atoms with E-state index in [1.165, 1.54) is 14.2 Å². The third-order valence-electron chi connectivity index (χ3n) is 1.21. The highest BCUT2D eigenvalue weighted by molar-refractivity contribution is 5.84. The fraction of sp³-hybridized carbons (Fsp3) is 0.714. The van der Waals surface area contributed by atoms with Crippen LogP contribution in [0.1, 0.15) is 6.92 Å². The van der Waals surface area contributed by atoms with E-state index in [9.17, 15) is 9.59 Å². The van der Waals surface area contributed by atoms with Crippen LogP contribution in [0.2, 0.25) is 0 Å². The zero-order valence-corrected chi connectivity index (χ0v) is 7.42. The molecule has 0 saturated heterocycles. The smallest absolute Gasteiger partial charge is 0.328 e. The van der Waals surface area contributed by atoms with Gasteiger partial charge in [-0.3, -0.25) is 4.79 Å². The van der Waals surface area contributed by atoms with E-state index < -0.39 is 12.0 Å². The molecule has 0 radical (unpaired) electrons. The zero-order chi connectivity index (χ0) is 9.56. The van der Waals surface area contributed by atoms with Gasteiger partial charge in [0.05, 0.1) is 7.11 Å². The molecule has 0 aliphatic heterocycles. The van der Waals surface area contributed by atoms with Crippen molar-refractivity contribution in [1.29, 1.82) is 0 Å². The SMILES string of the molecule is COCC(=O)N[C@@H](C)C(=O)OC. The number of hydrogen-bond donors (Lipinski definition) is 1. The molecule has 1 N–H and O–H groups in total. The van der Waals surface area contributed by atoms with Crippen LogP contribution in [0.15, 0.2) is 0 Å². The molecule has 1 amide bonds. The van der Waals surface area contributed by atoms with Crippen LogP contribution in [0.25, 0.3) is 0 Å². The van der Waals surface area contributed by atoms with Crippen LogP contribution < -0.4 is 5.32 Å². The minimum atomic E-state index is -0.627. The number of hydrogen-bond acceptors (Lipinski definition) is 4. The fourth-order valence-corrected chi connectivity index (χ4v) is 0.650. The van der Waals surface area contributed by atoms with Crippen LogP contribution in [0, 0.1) is 0 Å². The van der Waals surface area contributed by atoms with Gasteiger partial charge in [0.2, 0.25) is 5.91 Å². The van der Waals surface area contributed by atoms with Gasteiger partial charge >= 0.3 is 5.97 Å². The van der Waals surface area contributed by atoms with Crippen LogP contribution in [-0.4, -0.2) is 38.7 Å². The first-order chi connectivity index (χ1) is 5.61. The Morgan fingerprint density at radius 3 is 2.42 bits per heavy atom. The number of esters is 1. The maximum atomic E-state index is 10.8. The fourth-order valence-electron chi connectivity index (χ4n) is 0.650. The first kappa shape index (κ1) is 10.9. The van der Waals surface area contributed by atoms with Gasteiger partial charge in [0, 0.05) is 7.11 Å². The third kappa shape index (κ3) is 3.92. The molecular formula is C7H13NO4. The quantitative estimate of drug-likeness (QED) is 0.574. The van der Waals surface area contributed by atoms with Crippen molar-refractivity contribution in [1.82, 2.24) is 5.32 Å². The number of carbonyl (C=O) groups excluding carboxylic acids is 2. The molecule has 12 heavy (non-hydrogen) atoms. The summed E-state index contributed by atoms with van der Waals surface area (Å²) < 4.78 is 8.95. The highest BCUT2D eigenvalue weighted by Crippen LogP contribution is 1.85. The standard InChI is InChI=1S/C7H13NO4/c1-5(7(10)12-3)8-6(9)4-11-2/h5H,4H2,1-3H3,(H,8,9)/t5-/m0/s1. The number of methoxy groups -OCH3 is 2. The Balaban J connectivity index is 3.75. The Kier molecular flexibility index (Phi) is 5.03. The van der Waals surface area contributed by atoms with Crippen molar-refractivity contribution >= 4 is 11.9 Å². The molecule has 0 aliphatic rings. The average molecular weight is 175 g/mol. The summed E-state index contributed by atoms with van der Waals surface area (Å²) in [4.78, 5) is 21.6. The van der Waals surface area contributed by atoms with E-state index >= 15 is 0 Å². The lowest BCUT2D eigenvalue weighted by atomic mass is 10.3. The summed E-state index contributed by atoms with van der Waals surface area (Å²) in [6.07, 6.45) is 0. The van der Waals surface area contributed by atoms with Crippen molar-refractivity contribution in [3.8, 4) is 0 Å². The van der Waals surface area contributed by atoms with E-state index in [4.69, 9.17) is 0 Å². The summed E-state index contributed by atoms with van der Waals surface area (Å²) in [6.45, 7) is 1.49. The van der Waals surface area contributed by atoms with Crippen LogP contribution in [0.4, 0.5) is 0 Å². The van der Waals surface area contributed by atoms with E-state index in [0.29, 0.717) is 0 Å². The van der Waals surface area contributed by atoms with Crippen molar-refractivity contribution in [2.45, 2.75) is 13.0 Å². The minimum absolute atomic E-state index is 0.0542. The molecule has 1 atom stereocenters. The normalized spacial score (nSPS) is 11.9. The molecule has 0 aromatic heterocycles. The van der Waals surface area contributed by atoms with Crippen molar-refractivity contribution in [3.63, 3.8) is 0 Å². The lowest BCUT2D eigenvalue weighted by Crippen LogP contribution is -2.40. The van der Waals surface area contributed by atoms with E-state index in [0.717, 1.165) is 0 Å². The molecule has 0 spiro atoms. The van der Waals surface area contributed by atoms with Gasteiger partial charge in [0.15, 0.2) is 0 Å². The van der Waals surface area contributed by atoms with Gasteiger partial charge in [-0.05, 0) is 6.92 Å². The Morgan fingerprint density at radius 1 is 1.42 bits per heavy atom. The summed E-state index contributed by atoms with van der Waals surface area (Å²) >= 11 is 0. The molecule has 0 heterocycles. The summed E-state index contributed by atoms with van der Waals surface area (Å²) in [5.74, 6) is -0.810. The van der Waals surface area contributed by atoms with E-state index in [-0.39, 0.29) is 12.5 Å². The molecule has 0 aromatic rings. The molecule has 0 unspecified atom stereocenters. The van der Waals surface area contributed by atoms with Crippen molar-refractivity contribution in [2.24, 2.45) is 0 Å².